The van der Waals surface area contributed by atoms with Crippen molar-refractivity contribution >= 4 is 28.7 Å². The minimum atomic E-state index is 0.165. The van der Waals surface area contributed by atoms with Gasteiger partial charge in [0.2, 0.25) is 12.7 Å². The van der Waals surface area contributed by atoms with E-state index in [2.05, 4.69) is 20.9 Å². The molecule has 0 unspecified atom stereocenters. The second-order valence-corrected chi connectivity index (χ2v) is 8.16. The Balaban J connectivity index is 1.11. The first-order valence-corrected chi connectivity index (χ1v) is 10.7. The molecule has 29 heavy (non-hydrogen) atoms. The van der Waals surface area contributed by atoms with E-state index in [-0.39, 0.29) is 5.91 Å². The number of piperazine rings is 1. The number of nitrogens with one attached hydrogen (secondary N) is 1. The average molecular weight is 410 g/mol. The predicted octanol–water partition coefficient (Wildman–Crippen LogP) is 2.73. The number of carbonyl (C=O) groups is 1. The molecule has 7 nitrogen and oxygen atoms in total. The van der Waals surface area contributed by atoms with Crippen molar-refractivity contribution in [3.8, 4) is 11.5 Å². The Morgan fingerprint density at radius 3 is 2.76 bits per heavy atom. The number of hydrogen-bond acceptors (Lipinski definition) is 6. The fourth-order valence-electron chi connectivity index (χ4n) is 3.67. The van der Waals surface area contributed by atoms with Gasteiger partial charge in [0, 0.05) is 32.7 Å². The molecule has 0 aliphatic carbocycles. The summed E-state index contributed by atoms with van der Waals surface area (Å²) < 4.78 is 10.8. The fraction of sp³-hybridized carbons (Fsp3) is 0.333. The van der Waals surface area contributed by atoms with Gasteiger partial charge in [0.15, 0.2) is 16.7 Å². The van der Waals surface area contributed by atoms with Gasteiger partial charge >= 0.3 is 0 Å². The molecule has 2 aromatic carbocycles. The number of H-pyrrole nitrogens is 1. The Morgan fingerprint density at radius 1 is 1.07 bits per heavy atom. The van der Waals surface area contributed by atoms with E-state index in [1.807, 2.05) is 41.3 Å². The molecule has 1 fully saturated rings. The fourth-order valence-corrected chi connectivity index (χ4v) is 4.46. The normalized spacial score (nSPS) is 16.5. The summed E-state index contributed by atoms with van der Waals surface area (Å²) in [5, 5.41) is 0.793. The Kier molecular flexibility index (Phi) is 5.03. The zero-order chi connectivity index (χ0) is 19.6. The number of aromatic amines is 1. The molecular weight excluding hydrogens is 388 g/mol. The van der Waals surface area contributed by atoms with Crippen molar-refractivity contribution in [2.45, 2.75) is 11.7 Å². The van der Waals surface area contributed by atoms with Crippen LogP contribution in [0.25, 0.3) is 11.0 Å². The molecule has 5 rings (SSSR count). The van der Waals surface area contributed by atoms with E-state index in [4.69, 9.17) is 9.47 Å². The minimum Gasteiger partial charge on any atom is -0.454 e. The van der Waals surface area contributed by atoms with E-state index in [0.29, 0.717) is 12.5 Å². The molecule has 150 valence electrons. The molecule has 2 aliphatic heterocycles. The van der Waals surface area contributed by atoms with Crippen LogP contribution in [0.15, 0.2) is 47.6 Å². The van der Waals surface area contributed by atoms with Crippen LogP contribution in [0.4, 0.5) is 0 Å². The van der Waals surface area contributed by atoms with Crippen molar-refractivity contribution in [2.75, 3.05) is 38.7 Å². The number of amides is 1. The van der Waals surface area contributed by atoms with Crippen LogP contribution in [0.2, 0.25) is 0 Å². The molecule has 3 aromatic rings. The molecule has 0 spiro atoms. The molecular formula is C21H22N4O3S. The van der Waals surface area contributed by atoms with Gasteiger partial charge in [-0.05, 0) is 29.8 Å². The van der Waals surface area contributed by atoms with Gasteiger partial charge in [-0.3, -0.25) is 9.69 Å². The van der Waals surface area contributed by atoms with Crippen LogP contribution < -0.4 is 9.47 Å². The molecule has 1 saturated heterocycles. The van der Waals surface area contributed by atoms with Gasteiger partial charge in [-0.1, -0.05) is 30.0 Å². The van der Waals surface area contributed by atoms with Crippen molar-refractivity contribution < 1.29 is 14.3 Å². The average Bonchev–Trinajstić information content (AvgIpc) is 3.38. The van der Waals surface area contributed by atoms with Gasteiger partial charge in [0.1, 0.15) is 0 Å². The minimum absolute atomic E-state index is 0.165. The lowest BCUT2D eigenvalue weighted by molar-refractivity contribution is -0.130. The van der Waals surface area contributed by atoms with E-state index in [0.717, 1.165) is 60.4 Å². The number of ether oxygens (including phenoxy) is 2. The van der Waals surface area contributed by atoms with E-state index in [9.17, 15) is 4.79 Å². The molecule has 3 heterocycles. The highest BCUT2D eigenvalue weighted by atomic mass is 32.2. The van der Waals surface area contributed by atoms with E-state index >= 15 is 0 Å². The number of carbonyl (C=O) groups excluding carboxylic acids is 1. The highest BCUT2D eigenvalue weighted by Gasteiger charge is 2.22. The van der Waals surface area contributed by atoms with Gasteiger partial charge in [-0.2, -0.15) is 0 Å². The maximum absolute atomic E-state index is 12.6. The van der Waals surface area contributed by atoms with Gasteiger partial charge in [-0.15, -0.1) is 0 Å². The van der Waals surface area contributed by atoms with E-state index < -0.39 is 0 Å². The van der Waals surface area contributed by atoms with E-state index in [1.54, 1.807) is 0 Å². The van der Waals surface area contributed by atoms with Gasteiger partial charge in [0.05, 0.1) is 16.8 Å². The number of para-hydroxylation sites is 2. The Hall–Kier alpha value is -2.71. The molecule has 8 heteroatoms. The van der Waals surface area contributed by atoms with Crippen molar-refractivity contribution in [3.63, 3.8) is 0 Å². The molecule has 1 aromatic heterocycles. The second-order valence-electron chi connectivity index (χ2n) is 7.19. The standard InChI is InChI=1S/C21H22N4O3S/c26-20(13-29-21-22-16-3-1-2-4-17(16)23-21)25-9-7-24(8-10-25)12-15-5-6-18-19(11-15)28-14-27-18/h1-6,11H,7-10,12-14H2,(H,22,23). The van der Waals surface area contributed by atoms with Crippen molar-refractivity contribution in [1.29, 1.82) is 0 Å². The molecule has 0 saturated carbocycles. The summed E-state index contributed by atoms with van der Waals surface area (Å²) >= 11 is 1.47. The number of hydrogen-bond donors (Lipinski definition) is 1. The third-order valence-electron chi connectivity index (χ3n) is 5.27. The lowest BCUT2D eigenvalue weighted by Crippen LogP contribution is -2.48. The van der Waals surface area contributed by atoms with Crippen LogP contribution in [0.3, 0.4) is 0 Å². The zero-order valence-corrected chi connectivity index (χ0v) is 16.8. The van der Waals surface area contributed by atoms with Crippen LogP contribution >= 0.6 is 11.8 Å². The van der Waals surface area contributed by atoms with Gasteiger partial charge in [0.25, 0.3) is 0 Å². The SMILES string of the molecule is O=C(CSc1nc2ccccc2[nH]1)N1CCN(Cc2ccc3c(c2)OCO3)CC1. The summed E-state index contributed by atoms with van der Waals surface area (Å²) in [5.74, 6) is 2.20. The first-order chi connectivity index (χ1) is 14.2. The van der Waals surface area contributed by atoms with Crippen LogP contribution in [0, 0.1) is 0 Å². The monoisotopic (exact) mass is 410 g/mol. The summed E-state index contributed by atoms with van der Waals surface area (Å²) in [6.45, 7) is 4.40. The van der Waals surface area contributed by atoms with Crippen molar-refractivity contribution in [3.05, 3.63) is 48.0 Å². The Labute approximate surface area is 173 Å². The topological polar surface area (TPSA) is 70.7 Å². The largest absolute Gasteiger partial charge is 0.454 e. The van der Waals surface area contributed by atoms with Crippen molar-refractivity contribution in [1.82, 2.24) is 19.8 Å². The quantitative estimate of drug-likeness (QED) is 0.653. The summed E-state index contributed by atoms with van der Waals surface area (Å²) in [4.78, 5) is 24.7. The highest BCUT2D eigenvalue weighted by molar-refractivity contribution is 7.99. The first kappa shape index (κ1) is 18.3. The third-order valence-corrected chi connectivity index (χ3v) is 6.13. The number of rotatable bonds is 5. The molecule has 1 amide bonds. The Bertz CT molecular complexity index is 997. The summed E-state index contributed by atoms with van der Waals surface area (Å²) in [5.41, 5.74) is 3.13. The number of aromatic nitrogens is 2. The molecule has 2 aliphatic rings. The summed E-state index contributed by atoms with van der Waals surface area (Å²) in [6, 6.07) is 14.0. The van der Waals surface area contributed by atoms with Crippen LogP contribution in [-0.2, 0) is 11.3 Å². The second kappa shape index (κ2) is 7.96. The number of thioether (sulfide) groups is 1. The zero-order valence-electron chi connectivity index (χ0n) is 16.0. The van der Waals surface area contributed by atoms with Crippen LogP contribution in [0.5, 0.6) is 11.5 Å². The summed E-state index contributed by atoms with van der Waals surface area (Å²) in [6.07, 6.45) is 0. The number of nitrogens with zero attached hydrogens (tertiary/aromatic N) is 3. The molecule has 0 bridgehead atoms. The van der Waals surface area contributed by atoms with Crippen LogP contribution in [-0.4, -0.2) is 64.4 Å². The van der Waals surface area contributed by atoms with Gasteiger partial charge < -0.3 is 19.4 Å². The predicted molar refractivity (Wildman–Crippen MR) is 111 cm³/mol. The lowest BCUT2D eigenvalue weighted by Gasteiger charge is -2.34. The highest BCUT2D eigenvalue weighted by Crippen LogP contribution is 2.32. The maximum Gasteiger partial charge on any atom is 0.233 e. The lowest BCUT2D eigenvalue weighted by atomic mass is 10.1. The maximum atomic E-state index is 12.6. The number of benzene rings is 2. The summed E-state index contributed by atoms with van der Waals surface area (Å²) in [7, 11) is 0. The van der Waals surface area contributed by atoms with Crippen LogP contribution in [0.1, 0.15) is 5.56 Å². The third kappa shape index (κ3) is 4.04. The molecule has 0 radical (unpaired) electrons. The first-order valence-electron chi connectivity index (χ1n) is 9.71. The Morgan fingerprint density at radius 2 is 1.90 bits per heavy atom. The number of imidazole rings is 1. The van der Waals surface area contributed by atoms with Gasteiger partial charge in [-0.25, -0.2) is 4.98 Å². The van der Waals surface area contributed by atoms with Crippen molar-refractivity contribution in [2.24, 2.45) is 0 Å². The van der Waals surface area contributed by atoms with E-state index in [1.165, 1.54) is 17.3 Å². The smallest absolute Gasteiger partial charge is 0.233 e. The number of fused-ring (bicyclic) bond motifs is 2. The molecule has 0 atom stereocenters. The molecule has 1 N–H and O–H groups in total.